The van der Waals surface area contributed by atoms with Gasteiger partial charge in [0, 0.05) is 18.4 Å². The Balaban J connectivity index is 1.80. The molecule has 1 N–H and O–H groups in total. The molecule has 0 amide bonds. The van der Waals surface area contributed by atoms with Crippen molar-refractivity contribution < 1.29 is 4.74 Å². The first-order chi connectivity index (χ1) is 10.1. The second kappa shape index (κ2) is 6.31. The second-order valence-corrected chi connectivity index (χ2v) is 7.80. The van der Waals surface area contributed by atoms with Crippen LogP contribution in [0.4, 0.5) is 0 Å². The molecule has 2 saturated heterocycles. The first-order valence-electron chi connectivity index (χ1n) is 8.10. The normalized spacial score (nSPS) is 30.7. The van der Waals surface area contributed by atoms with E-state index in [-0.39, 0.29) is 5.60 Å². The summed E-state index contributed by atoms with van der Waals surface area (Å²) in [6.45, 7) is 5.32. The van der Waals surface area contributed by atoms with Crippen molar-refractivity contribution in [1.29, 1.82) is 0 Å². The molecule has 3 heteroatoms. The van der Waals surface area contributed by atoms with E-state index >= 15 is 0 Å². The maximum absolute atomic E-state index is 6.18. The minimum absolute atomic E-state index is 0.169. The summed E-state index contributed by atoms with van der Waals surface area (Å²) in [5.41, 5.74) is 4.38. The van der Waals surface area contributed by atoms with Crippen LogP contribution in [0.5, 0.6) is 0 Å². The van der Waals surface area contributed by atoms with Gasteiger partial charge in [0.2, 0.25) is 0 Å². The zero-order valence-electron chi connectivity index (χ0n) is 13.4. The molecule has 0 aliphatic carbocycles. The highest BCUT2D eigenvalue weighted by Crippen LogP contribution is 2.44. The van der Waals surface area contributed by atoms with Gasteiger partial charge in [0.05, 0.1) is 5.60 Å². The molecule has 2 fully saturated rings. The number of aryl methyl sites for hydroxylation is 2. The molecule has 3 unspecified atom stereocenters. The fourth-order valence-corrected chi connectivity index (χ4v) is 5.22. The minimum Gasteiger partial charge on any atom is -0.374 e. The lowest BCUT2D eigenvalue weighted by Gasteiger charge is -2.41. The molecule has 0 bridgehead atoms. The number of ether oxygens (including phenoxy) is 1. The van der Waals surface area contributed by atoms with Gasteiger partial charge in [0.1, 0.15) is 0 Å². The Kier molecular flexibility index (Phi) is 4.63. The summed E-state index contributed by atoms with van der Waals surface area (Å²) in [6, 6.07) is 7.38. The fourth-order valence-electron chi connectivity index (χ4n) is 3.85. The van der Waals surface area contributed by atoms with Crippen LogP contribution in [0.2, 0.25) is 0 Å². The summed E-state index contributed by atoms with van der Waals surface area (Å²) in [5, 5.41) is 3.58. The summed E-state index contributed by atoms with van der Waals surface area (Å²) in [5.74, 6) is 3.14. The van der Waals surface area contributed by atoms with Crippen molar-refractivity contribution in [3.63, 3.8) is 0 Å². The van der Waals surface area contributed by atoms with Crippen LogP contribution in [0.25, 0.3) is 0 Å². The van der Waals surface area contributed by atoms with Gasteiger partial charge in [-0.1, -0.05) is 18.2 Å². The Labute approximate surface area is 133 Å². The Bertz CT molecular complexity index is 496. The average Bonchev–Trinajstić information content (AvgIpc) is 2.91. The van der Waals surface area contributed by atoms with Gasteiger partial charge in [-0.3, -0.25) is 0 Å². The molecule has 2 aliphatic rings. The summed E-state index contributed by atoms with van der Waals surface area (Å²) in [7, 11) is 2.10. The summed E-state index contributed by atoms with van der Waals surface area (Å²) in [6.07, 6.45) is 3.61. The van der Waals surface area contributed by atoms with E-state index < -0.39 is 0 Å². The van der Waals surface area contributed by atoms with Crippen LogP contribution in [-0.2, 0) is 4.74 Å². The molecule has 0 aromatic heterocycles. The van der Waals surface area contributed by atoms with E-state index in [9.17, 15) is 0 Å². The molecular weight excluding hydrogens is 278 g/mol. The molecule has 0 saturated carbocycles. The molecule has 1 aromatic carbocycles. The Morgan fingerprint density at radius 3 is 2.86 bits per heavy atom. The maximum atomic E-state index is 6.18. The van der Waals surface area contributed by atoms with Gasteiger partial charge >= 0.3 is 0 Å². The van der Waals surface area contributed by atoms with Gasteiger partial charge < -0.3 is 10.1 Å². The van der Waals surface area contributed by atoms with E-state index in [1.54, 1.807) is 0 Å². The van der Waals surface area contributed by atoms with Gasteiger partial charge in [0.15, 0.2) is 0 Å². The Hall–Kier alpha value is -0.510. The topological polar surface area (TPSA) is 21.3 Å². The largest absolute Gasteiger partial charge is 0.374 e. The second-order valence-electron chi connectivity index (χ2n) is 6.70. The molecule has 21 heavy (non-hydrogen) atoms. The zero-order chi connectivity index (χ0) is 14.9. The van der Waals surface area contributed by atoms with E-state index in [4.69, 9.17) is 4.74 Å². The maximum Gasteiger partial charge on any atom is 0.0783 e. The summed E-state index contributed by atoms with van der Waals surface area (Å²) >= 11 is 2.06. The van der Waals surface area contributed by atoms with Crippen LogP contribution in [-0.4, -0.2) is 30.8 Å². The predicted molar refractivity (Wildman–Crippen MR) is 91.1 cm³/mol. The van der Waals surface area contributed by atoms with Crippen LogP contribution in [0.1, 0.15) is 42.0 Å². The molecular formula is C18H27NOS. The molecule has 1 spiro atoms. The lowest BCUT2D eigenvalue weighted by atomic mass is 9.79. The number of thioether (sulfide) groups is 1. The number of hydrogen-bond donors (Lipinski definition) is 1. The molecule has 2 nitrogen and oxygen atoms in total. The van der Waals surface area contributed by atoms with Gasteiger partial charge in [-0.05, 0) is 68.5 Å². The smallest absolute Gasteiger partial charge is 0.0783 e. The number of hydrogen-bond acceptors (Lipinski definition) is 3. The molecule has 1 aromatic rings. The molecule has 2 aliphatic heterocycles. The van der Waals surface area contributed by atoms with Gasteiger partial charge in [-0.2, -0.15) is 11.8 Å². The van der Waals surface area contributed by atoms with E-state index in [0.29, 0.717) is 12.0 Å². The van der Waals surface area contributed by atoms with Gasteiger partial charge in [-0.15, -0.1) is 0 Å². The highest BCUT2D eigenvalue weighted by Gasteiger charge is 2.42. The van der Waals surface area contributed by atoms with E-state index in [2.05, 4.69) is 56.2 Å². The number of benzene rings is 1. The van der Waals surface area contributed by atoms with Gasteiger partial charge in [0.25, 0.3) is 0 Å². The third kappa shape index (κ3) is 3.15. The Morgan fingerprint density at radius 2 is 2.19 bits per heavy atom. The standard InChI is InChI=1S/C18H27NOS/c1-13-4-5-15(10-14(13)2)17(19-3)16-6-8-20-18(11-16)7-9-21-12-18/h4-5,10,16-17,19H,6-9,11-12H2,1-3H3. The summed E-state index contributed by atoms with van der Waals surface area (Å²) < 4.78 is 6.18. The van der Waals surface area contributed by atoms with Gasteiger partial charge in [-0.25, -0.2) is 0 Å². The Morgan fingerprint density at radius 1 is 1.33 bits per heavy atom. The number of rotatable bonds is 3. The van der Waals surface area contributed by atoms with Crippen molar-refractivity contribution in [3.8, 4) is 0 Å². The van der Waals surface area contributed by atoms with Crippen LogP contribution >= 0.6 is 11.8 Å². The number of nitrogens with one attached hydrogen (secondary N) is 1. The van der Waals surface area contributed by atoms with Crippen LogP contribution < -0.4 is 5.32 Å². The predicted octanol–water partition coefficient (Wildman–Crippen LogP) is 3.87. The van der Waals surface area contributed by atoms with Crippen LogP contribution in [0.3, 0.4) is 0 Å². The highest BCUT2D eigenvalue weighted by atomic mass is 32.2. The first-order valence-corrected chi connectivity index (χ1v) is 9.25. The van der Waals surface area contributed by atoms with E-state index in [1.165, 1.54) is 47.5 Å². The monoisotopic (exact) mass is 305 g/mol. The summed E-state index contributed by atoms with van der Waals surface area (Å²) in [4.78, 5) is 0. The van der Waals surface area contributed by atoms with E-state index in [0.717, 1.165) is 6.61 Å². The van der Waals surface area contributed by atoms with Crippen molar-refractivity contribution in [2.24, 2.45) is 5.92 Å². The van der Waals surface area contributed by atoms with E-state index in [1.807, 2.05) is 0 Å². The van der Waals surface area contributed by atoms with Crippen LogP contribution in [0.15, 0.2) is 18.2 Å². The third-order valence-electron chi connectivity index (χ3n) is 5.27. The third-order valence-corrected chi connectivity index (χ3v) is 6.49. The van der Waals surface area contributed by atoms with Crippen molar-refractivity contribution >= 4 is 11.8 Å². The fraction of sp³-hybridized carbons (Fsp3) is 0.667. The molecule has 0 radical (unpaired) electrons. The van der Waals surface area contributed by atoms with Crippen molar-refractivity contribution in [2.75, 3.05) is 25.2 Å². The lowest BCUT2D eigenvalue weighted by Crippen LogP contribution is -2.43. The molecule has 3 atom stereocenters. The molecule has 116 valence electrons. The van der Waals surface area contributed by atoms with Crippen LogP contribution in [0, 0.1) is 19.8 Å². The average molecular weight is 305 g/mol. The molecule has 2 heterocycles. The lowest BCUT2D eigenvalue weighted by molar-refractivity contribution is -0.0850. The van der Waals surface area contributed by atoms with Crippen molar-refractivity contribution in [1.82, 2.24) is 5.32 Å². The minimum atomic E-state index is 0.169. The zero-order valence-corrected chi connectivity index (χ0v) is 14.3. The molecule has 3 rings (SSSR count). The van der Waals surface area contributed by atoms with Crippen molar-refractivity contribution in [3.05, 3.63) is 34.9 Å². The first kappa shape index (κ1) is 15.4. The quantitative estimate of drug-likeness (QED) is 0.916. The van der Waals surface area contributed by atoms with Crippen molar-refractivity contribution in [2.45, 2.75) is 44.8 Å². The SMILES string of the molecule is CNC(c1ccc(C)c(C)c1)C1CCOC2(CCSC2)C1. The highest BCUT2D eigenvalue weighted by molar-refractivity contribution is 7.99.